The molecule has 1 aromatic rings. The third-order valence-electron chi connectivity index (χ3n) is 4.02. The largest absolute Gasteiger partial charge is 0.358 e. The molecular formula is C15H21FN3O+. The number of nitrogens with one attached hydrogen (secondary N) is 2. The Labute approximate surface area is 118 Å². The average Bonchev–Trinajstić information content (AvgIpc) is 3.24. The van der Waals surface area contributed by atoms with Gasteiger partial charge in [0.05, 0.1) is 31.9 Å². The summed E-state index contributed by atoms with van der Waals surface area (Å²) in [7, 11) is 0. The van der Waals surface area contributed by atoms with Crippen molar-refractivity contribution < 1.29 is 14.1 Å². The zero-order chi connectivity index (χ0) is 13.9. The first-order valence-corrected chi connectivity index (χ1v) is 7.35. The molecule has 0 radical (unpaired) electrons. The fourth-order valence-corrected chi connectivity index (χ4v) is 2.68. The summed E-state index contributed by atoms with van der Waals surface area (Å²) in [6, 6.07) is 7.32. The van der Waals surface area contributed by atoms with Gasteiger partial charge in [-0.25, -0.2) is 4.39 Å². The van der Waals surface area contributed by atoms with Gasteiger partial charge < -0.3 is 15.1 Å². The molecular weight excluding hydrogens is 257 g/mol. The standard InChI is InChI=1S/C15H20FN3O/c16-13-3-1-2-4-14(13)19-9-7-18(8-10-19)11-15(20)17-12-5-6-12/h1-4,12H,5-11H2,(H,17,20)/p+1. The second-order valence-electron chi connectivity index (χ2n) is 5.71. The molecule has 0 bridgehead atoms. The molecule has 2 aliphatic rings. The summed E-state index contributed by atoms with van der Waals surface area (Å²) in [6.45, 7) is 3.90. The van der Waals surface area contributed by atoms with E-state index in [1.165, 1.54) is 11.0 Å². The van der Waals surface area contributed by atoms with Crippen molar-refractivity contribution in [3.63, 3.8) is 0 Å². The Bertz CT molecular complexity index is 482. The highest BCUT2D eigenvalue weighted by Gasteiger charge is 2.27. The number of hydrogen-bond donors (Lipinski definition) is 2. The van der Waals surface area contributed by atoms with Gasteiger partial charge in [0, 0.05) is 6.04 Å². The first-order valence-electron chi connectivity index (χ1n) is 7.35. The van der Waals surface area contributed by atoms with Crippen LogP contribution in [0.2, 0.25) is 0 Å². The van der Waals surface area contributed by atoms with Crippen LogP contribution in [-0.2, 0) is 4.79 Å². The van der Waals surface area contributed by atoms with E-state index >= 15 is 0 Å². The minimum absolute atomic E-state index is 0.154. The fraction of sp³-hybridized carbons (Fsp3) is 0.533. The molecule has 0 spiro atoms. The number of piperazine rings is 1. The smallest absolute Gasteiger partial charge is 0.275 e. The summed E-state index contributed by atoms with van der Waals surface area (Å²) >= 11 is 0. The van der Waals surface area contributed by atoms with Gasteiger partial charge in [-0.15, -0.1) is 0 Å². The quantitative estimate of drug-likeness (QED) is 0.801. The Kier molecular flexibility index (Phi) is 3.87. The van der Waals surface area contributed by atoms with E-state index in [0.717, 1.165) is 39.0 Å². The van der Waals surface area contributed by atoms with Crippen LogP contribution in [-0.4, -0.2) is 44.7 Å². The van der Waals surface area contributed by atoms with Crippen LogP contribution < -0.4 is 15.1 Å². The number of hydrogen-bond acceptors (Lipinski definition) is 2. The molecule has 2 N–H and O–H groups in total. The maximum absolute atomic E-state index is 13.7. The van der Waals surface area contributed by atoms with Crippen LogP contribution in [0.15, 0.2) is 24.3 Å². The van der Waals surface area contributed by atoms with Gasteiger partial charge in [0.25, 0.3) is 5.91 Å². The number of benzene rings is 1. The zero-order valence-corrected chi connectivity index (χ0v) is 11.6. The number of para-hydroxylation sites is 1. The molecule has 5 heteroatoms. The van der Waals surface area contributed by atoms with Crippen molar-refractivity contribution in [2.75, 3.05) is 37.6 Å². The number of amides is 1. The van der Waals surface area contributed by atoms with E-state index in [2.05, 4.69) is 10.2 Å². The zero-order valence-electron chi connectivity index (χ0n) is 11.6. The Morgan fingerprint density at radius 2 is 2.00 bits per heavy atom. The minimum Gasteiger partial charge on any atom is -0.358 e. The van der Waals surface area contributed by atoms with E-state index in [1.54, 1.807) is 6.07 Å². The van der Waals surface area contributed by atoms with Gasteiger partial charge in [0.15, 0.2) is 6.54 Å². The number of quaternary nitrogens is 1. The monoisotopic (exact) mass is 278 g/mol. The molecule has 1 saturated heterocycles. The van der Waals surface area contributed by atoms with Crippen molar-refractivity contribution in [3.8, 4) is 0 Å². The lowest BCUT2D eigenvalue weighted by molar-refractivity contribution is -0.892. The highest BCUT2D eigenvalue weighted by Crippen LogP contribution is 2.18. The number of anilines is 1. The number of carbonyl (C=O) groups excluding carboxylic acids is 1. The molecule has 1 saturated carbocycles. The summed E-state index contributed by atoms with van der Waals surface area (Å²) in [5.41, 5.74) is 0.675. The van der Waals surface area contributed by atoms with Crippen LogP contribution in [0.4, 0.5) is 10.1 Å². The van der Waals surface area contributed by atoms with Crippen molar-refractivity contribution in [1.29, 1.82) is 0 Å². The molecule has 4 nitrogen and oxygen atoms in total. The normalized spacial score (nSPS) is 19.9. The fourth-order valence-electron chi connectivity index (χ4n) is 2.68. The predicted octanol–water partition coefficient (Wildman–Crippen LogP) is -0.191. The van der Waals surface area contributed by atoms with Gasteiger partial charge in [-0.3, -0.25) is 4.79 Å². The second kappa shape index (κ2) is 5.79. The van der Waals surface area contributed by atoms with Gasteiger partial charge in [0.2, 0.25) is 0 Å². The van der Waals surface area contributed by atoms with Gasteiger partial charge in [-0.05, 0) is 25.0 Å². The van der Waals surface area contributed by atoms with Crippen molar-refractivity contribution in [3.05, 3.63) is 30.1 Å². The van der Waals surface area contributed by atoms with Crippen molar-refractivity contribution in [1.82, 2.24) is 5.32 Å². The average molecular weight is 278 g/mol. The van der Waals surface area contributed by atoms with Crippen LogP contribution in [0.5, 0.6) is 0 Å². The molecule has 1 aromatic carbocycles. The summed E-state index contributed by atoms with van der Waals surface area (Å²) in [5, 5.41) is 3.02. The van der Waals surface area contributed by atoms with Crippen LogP contribution in [0.1, 0.15) is 12.8 Å². The number of rotatable bonds is 4. The van der Waals surface area contributed by atoms with Gasteiger partial charge in [0.1, 0.15) is 5.82 Å². The third kappa shape index (κ3) is 3.28. The maximum Gasteiger partial charge on any atom is 0.275 e. The summed E-state index contributed by atoms with van der Waals surface area (Å²) < 4.78 is 13.7. The molecule has 0 atom stereocenters. The first kappa shape index (κ1) is 13.4. The molecule has 108 valence electrons. The lowest BCUT2D eigenvalue weighted by Crippen LogP contribution is -3.16. The Morgan fingerprint density at radius 1 is 1.30 bits per heavy atom. The second-order valence-corrected chi connectivity index (χ2v) is 5.71. The number of halogens is 1. The van der Waals surface area contributed by atoms with Gasteiger partial charge >= 0.3 is 0 Å². The van der Waals surface area contributed by atoms with E-state index in [4.69, 9.17) is 0 Å². The molecule has 1 heterocycles. The Morgan fingerprint density at radius 3 is 2.65 bits per heavy atom. The SMILES string of the molecule is O=C(C[NH+]1CCN(c2ccccc2F)CC1)NC1CC1. The topological polar surface area (TPSA) is 36.8 Å². The third-order valence-corrected chi connectivity index (χ3v) is 4.02. The van der Waals surface area contributed by atoms with Crippen LogP contribution in [0.3, 0.4) is 0 Å². The van der Waals surface area contributed by atoms with E-state index < -0.39 is 0 Å². The van der Waals surface area contributed by atoms with Gasteiger partial charge in [-0.2, -0.15) is 0 Å². The molecule has 2 fully saturated rings. The molecule has 1 aliphatic heterocycles. The number of carbonyl (C=O) groups is 1. The molecule has 0 unspecified atom stereocenters. The summed E-state index contributed by atoms with van der Waals surface area (Å²) in [4.78, 5) is 15.1. The van der Waals surface area contributed by atoms with E-state index in [-0.39, 0.29) is 11.7 Å². The van der Waals surface area contributed by atoms with Gasteiger partial charge in [-0.1, -0.05) is 12.1 Å². The van der Waals surface area contributed by atoms with E-state index in [0.29, 0.717) is 18.3 Å². The van der Waals surface area contributed by atoms with E-state index in [9.17, 15) is 9.18 Å². The molecule has 1 aliphatic carbocycles. The van der Waals surface area contributed by atoms with Crippen molar-refractivity contribution in [2.45, 2.75) is 18.9 Å². The number of nitrogens with zero attached hydrogens (tertiary/aromatic N) is 1. The molecule has 1 amide bonds. The highest BCUT2D eigenvalue weighted by atomic mass is 19.1. The van der Waals surface area contributed by atoms with E-state index in [1.807, 2.05) is 12.1 Å². The first-order chi connectivity index (χ1) is 9.72. The van der Waals surface area contributed by atoms with Crippen molar-refractivity contribution >= 4 is 11.6 Å². The molecule has 0 aromatic heterocycles. The lowest BCUT2D eigenvalue weighted by Gasteiger charge is -2.33. The molecule has 20 heavy (non-hydrogen) atoms. The van der Waals surface area contributed by atoms with Crippen molar-refractivity contribution in [2.24, 2.45) is 0 Å². The van der Waals surface area contributed by atoms with Crippen LogP contribution >= 0.6 is 0 Å². The van der Waals surface area contributed by atoms with Crippen LogP contribution in [0.25, 0.3) is 0 Å². The molecule has 3 rings (SSSR count). The maximum atomic E-state index is 13.7. The Balaban J connectivity index is 1.49. The highest BCUT2D eigenvalue weighted by molar-refractivity contribution is 5.77. The Hall–Kier alpha value is -1.62. The summed E-state index contributed by atoms with van der Waals surface area (Å²) in [6.07, 6.45) is 2.25. The summed E-state index contributed by atoms with van der Waals surface area (Å²) in [5.74, 6) is -0.00994. The minimum atomic E-state index is -0.164. The predicted molar refractivity (Wildman–Crippen MR) is 75.3 cm³/mol. The lowest BCUT2D eigenvalue weighted by atomic mass is 10.2. The van der Waals surface area contributed by atoms with Crippen LogP contribution in [0, 0.1) is 5.82 Å².